The summed E-state index contributed by atoms with van der Waals surface area (Å²) in [5.74, 6) is 2.35. The van der Waals surface area contributed by atoms with Crippen LogP contribution in [0, 0.1) is 11.8 Å². The van der Waals surface area contributed by atoms with Gasteiger partial charge in [-0.15, -0.1) is 0 Å². The van der Waals surface area contributed by atoms with Crippen molar-refractivity contribution in [3.05, 3.63) is 42.2 Å². The van der Waals surface area contributed by atoms with E-state index in [1.165, 1.54) is 19.3 Å². The van der Waals surface area contributed by atoms with Gasteiger partial charge in [-0.3, -0.25) is 0 Å². The maximum atomic E-state index is 4.77. The van der Waals surface area contributed by atoms with Crippen molar-refractivity contribution in [3.8, 4) is 0 Å². The number of nitrogens with one attached hydrogen (secondary N) is 2. The molecule has 3 heteroatoms. The number of imidazole rings is 1. The van der Waals surface area contributed by atoms with Crippen molar-refractivity contribution in [3.63, 3.8) is 0 Å². The van der Waals surface area contributed by atoms with Crippen LogP contribution < -0.4 is 5.32 Å². The van der Waals surface area contributed by atoms with Gasteiger partial charge in [0.25, 0.3) is 0 Å². The summed E-state index contributed by atoms with van der Waals surface area (Å²) in [6, 6.07) is 8.55. The molecule has 0 amide bonds. The second-order valence-corrected chi connectivity index (χ2v) is 6.42. The van der Waals surface area contributed by atoms with Crippen LogP contribution in [0.4, 0.5) is 0 Å². The number of nitrogens with zero attached hydrogens (tertiary/aromatic N) is 1. The van der Waals surface area contributed by atoms with Gasteiger partial charge < -0.3 is 10.3 Å². The summed E-state index contributed by atoms with van der Waals surface area (Å²) in [6.45, 7) is 5.58. The van der Waals surface area contributed by atoms with E-state index < -0.39 is 0 Å². The average molecular weight is 283 g/mol. The topological polar surface area (TPSA) is 40.7 Å². The number of H-pyrrole nitrogens is 1. The zero-order valence-corrected chi connectivity index (χ0v) is 13.0. The molecule has 0 radical (unpaired) electrons. The Bertz CT molecular complexity index is 579. The first-order valence-electron chi connectivity index (χ1n) is 8.07. The van der Waals surface area contributed by atoms with Gasteiger partial charge in [0, 0.05) is 0 Å². The molecule has 0 saturated heterocycles. The standard InChI is InChI=1S/C18H25N3/c1-13(2)17(19-12-14-8-4-3-5-9-14)18-20-15-10-6-7-11-16(15)21-18/h3-4,6-7,10-11,13-14,17,19H,5,8-9,12H2,1-2H3,(H,20,21)/t14-,17-/m0/s1. The van der Waals surface area contributed by atoms with Crippen molar-refractivity contribution in [2.45, 2.75) is 39.2 Å². The normalized spacial score (nSPS) is 20.2. The van der Waals surface area contributed by atoms with Crippen LogP contribution in [0.5, 0.6) is 0 Å². The predicted octanol–water partition coefficient (Wildman–Crippen LogP) is 4.21. The van der Waals surface area contributed by atoms with Gasteiger partial charge in [0.1, 0.15) is 5.82 Å². The Hall–Kier alpha value is -1.61. The molecule has 0 fully saturated rings. The highest BCUT2D eigenvalue weighted by atomic mass is 15.0. The average Bonchev–Trinajstić information content (AvgIpc) is 2.91. The first-order valence-corrected chi connectivity index (χ1v) is 8.07. The fraction of sp³-hybridized carbons (Fsp3) is 0.500. The van der Waals surface area contributed by atoms with Crippen LogP contribution in [0.15, 0.2) is 36.4 Å². The molecule has 0 bridgehead atoms. The SMILES string of the molecule is CC(C)[C@H](NC[C@H]1CC=CCC1)c1nc2ccccc2[nH]1. The lowest BCUT2D eigenvalue weighted by Crippen LogP contribution is -2.31. The van der Waals surface area contributed by atoms with Gasteiger partial charge in [-0.25, -0.2) is 4.98 Å². The summed E-state index contributed by atoms with van der Waals surface area (Å²) >= 11 is 0. The number of benzene rings is 1. The number of allylic oxidation sites excluding steroid dienone is 2. The summed E-state index contributed by atoms with van der Waals surface area (Å²) in [5, 5.41) is 3.74. The number of hydrogen-bond acceptors (Lipinski definition) is 2. The van der Waals surface area contributed by atoms with Crippen molar-refractivity contribution in [1.82, 2.24) is 15.3 Å². The highest BCUT2D eigenvalue weighted by molar-refractivity contribution is 5.74. The Kier molecular flexibility index (Phi) is 4.39. The maximum Gasteiger partial charge on any atom is 0.124 e. The molecule has 2 aromatic rings. The summed E-state index contributed by atoms with van der Waals surface area (Å²) in [6.07, 6.45) is 8.35. The van der Waals surface area contributed by atoms with Crippen molar-refractivity contribution in [1.29, 1.82) is 0 Å². The lowest BCUT2D eigenvalue weighted by Gasteiger charge is -2.25. The Morgan fingerprint density at radius 1 is 1.29 bits per heavy atom. The van der Waals surface area contributed by atoms with Gasteiger partial charge in [0.05, 0.1) is 17.1 Å². The second-order valence-electron chi connectivity index (χ2n) is 6.42. The minimum Gasteiger partial charge on any atom is -0.341 e. The van der Waals surface area contributed by atoms with Crippen LogP contribution in [-0.2, 0) is 0 Å². The van der Waals surface area contributed by atoms with Crippen LogP contribution in [0.2, 0.25) is 0 Å². The molecule has 3 nitrogen and oxygen atoms in total. The monoisotopic (exact) mass is 283 g/mol. The molecule has 1 aliphatic carbocycles. The number of rotatable bonds is 5. The van der Waals surface area contributed by atoms with E-state index >= 15 is 0 Å². The molecule has 0 unspecified atom stereocenters. The largest absolute Gasteiger partial charge is 0.341 e. The van der Waals surface area contributed by atoms with Crippen LogP contribution in [0.25, 0.3) is 11.0 Å². The van der Waals surface area contributed by atoms with E-state index in [0.29, 0.717) is 12.0 Å². The molecule has 1 aliphatic rings. The molecule has 0 aliphatic heterocycles. The number of aromatic nitrogens is 2. The van der Waals surface area contributed by atoms with Gasteiger partial charge in [-0.1, -0.05) is 38.1 Å². The first-order chi connectivity index (χ1) is 10.2. The van der Waals surface area contributed by atoms with Crippen molar-refractivity contribution in [2.75, 3.05) is 6.54 Å². The van der Waals surface area contributed by atoms with Crippen molar-refractivity contribution in [2.24, 2.45) is 11.8 Å². The molecule has 2 N–H and O–H groups in total. The van der Waals surface area contributed by atoms with Gasteiger partial charge in [-0.05, 0) is 49.8 Å². The van der Waals surface area contributed by atoms with E-state index in [-0.39, 0.29) is 0 Å². The highest BCUT2D eigenvalue weighted by Gasteiger charge is 2.20. The number of aromatic amines is 1. The van der Waals surface area contributed by atoms with E-state index in [4.69, 9.17) is 4.98 Å². The molecule has 112 valence electrons. The lowest BCUT2D eigenvalue weighted by molar-refractivity contribution is 0.347. The lowest BCUT2D eigenvalue weighted by atomic mass is 9.93. The van der Waals surface area contributed by atoms with E-state index in [9.17, 15) is 0 Å². The molecule has 21 heavy (non-hydrogen) atoms. The molecule has 0 saturated carbocycles. The molecular weight excluding hydrogens is 258 g/mol. The number of fused-ring (bicyclic) bond motifs is 1. The second kappa shape index (κ2) is 6.44. The summed E-state index contributed by atoms with van der Waals surface area (Å²) in [7, 11) is 0. The number of para-hydroxylation sites is 2. The van der Waals surface area contributed by atoms with E-state index in [1.807, 2.05) is 6.07 Å². The Morgan fingerprint density at radius 2 is 2.14 bits per heavy atom. The Labute approximate surface area is 126 Å². The zero-order valence-electron chi connectivity index (χ0n) is 13.0. The zero-order chi connectivity index (χ0) is 14.7. The first kappa shape index (κ1) is 14.3. The maximum absolute atomic E-state index is 4.77. The van der Waals surface area contributed by atoms with Crippen molar-refractivity contribution >= 4 is 11.0 Å². The molecule has 1 aromatic carbocycles. The van der Waals surface area contributed by atoms with E-state index in [2.05, 4.69) is 54.5 Å². The highest BCUT2D eigenvalue weighted by Crippen LogP contribution is 2.24. The van der Waals surface area contributed by atoms with E-state index in [1.54, 1.807) is 0 Å². The van der Waals surface area contributed by atoms with Crippen LogP contribution in [-0.4, -0.2) is 16.5 Å². The van der Waals surface area contributed by atoms with Crippen LogP contribution >= 0.6 is 0 Å². The predicted molar refractivity (Wildman–Crippen MR) is 88.2 cm³/mol. The van der Waals surface area contributed by atoms with Crippen LogP contribution in [0.1, 0.15) is 45.0 Å². The fourth-order valence-electron chi connectivity index (χ4n) is 3.10. The van der Waals surface area contributed by atoms with Gasteiger partial charge in [0.15, 0.2) is 0 Å². The molecule has 1 aromatic heterocycles. The molecule has 1 heterocycles. The van der Waals surface area contributed by atoms with Crippen molar-refractivity contribution < 1.29 is 0 Å². The summed E-state index contributed by atoms with van der Waals surface area (Å²) in [4.78, 5) is 8.24. The fourth-order valence-corrected chi connectivity index (χ4v) is 3.10. The van der Waals surface area contributed by atoms with Gasteiger partial charge in [0.2, 0.25) is 0 Å². The Balaban J connectivity index is 1.72. The summed E-state index contributed by atoms with van der Waals surface area (Å²) in [5.41, 5.74) is 2.18. The minimum absolute atomic E-state index is 0.295. The van der Waals surface area contributed by atoms with Gasteiger partial charge in [-0.2, -0.15) is 0 Å². The summed E-state index contributed by atoms with van der Waals surface area (Å²) < 4.78 is 0. The Morgan fingerprint density at radius 3 is 2.86 bits per heavy atom. The van der Waals surface area contributed by atoms with Crippen LogP contribution in [0.3, 0.4) is 0 Å². The smallest absolute Gasteiger partial charge is 0.124 e. The molecule has 0 spiro atoms. The third kappa shape index (κ3) is 3.35. The molecular formula is C18H25N3. The number of hydrogen-bond donors (Lipinski definition) is 2. The quantitative estimate of drug-likeness (QED) is 0.807. The van der Waals surface area contributed by atoms with Gasteiger partial charge >= 0.3 is 0 Å². The van der Waals surface area contributed by atoms with E-state index in [0.717, 1.165) is 29.3 Å². The third-order valence-corrected chi connectivity index (χ3v) is 4.37. The molecule has 3 rings (SSSR count). The minimum atomic E-state index is 0.295. The third-order valence-electron chi connectivity index (χ3n) is 4.37. The molecule has 2 atom stereocenters.